The molecule has 1 atom stereocenters. The minimum absolute atomic E-state index is 0.0966. The molecule has 3 aromatic rings. The molecule has 0 saturated carbocycles. The van der Waals surface area contributed by atoms with Crippen LogP contribution in [0, 0.1) is 6.92 Å². The van der Waals surface area contributed by atoms with Gasteiger partial charge in [-0.25, -0.2) is 4.98 Å². The van der Waals surface area contributed by atoms with Crippen LogP contribution in [0.3, 0.4) is 0 Å². The highest BCUT2D eigenvalue weighted by Crippen LogP contribution is 2.16. The molecule has 1 amide bonds. The summed E-state index contributed by atoms with van der Waals surface area (Å²) >= 11 is 1.28. The molecule has 134 valence electrons. The predicted octanol–water partition coefficient (Wildman–Crippen LogP) is 3.85. The van der Waals surface area contributed by atoms with Crippen molar-refractivity contribution in [1.82, 2.24) is 20.5 Å². The lowest BCUT2D eigenvalue weighted by atomic mass is 10.1. The van der Waals surface area contributed by atoms with Crippen LogP contribution in [0.15, 0.2) is 52.2 Å². The van der Waals surface area contributed by atoms with E-state index in [9.17, 15) is 4.79 Å². The van der Waals surface area contributed by atoms with Gasteiger partial charge in [-0.1, -0.05) is 42.1 Å². The Labute approximate surface area is 156 Å². The van der Waals surface area contributed by atoms with Crippen LogP contribution in [0.25, 0.3) is 12.2 Å². The van der Waals surface area contributed by atoms with E-state index in [-0.39, 0.29) is 17.7 Å². The van der Waals surface area contributed by atoms with Crippen LogP contribution in [0.1, 0.15) is 35.7 Å². The molecule has 0 radical (unpaired) electrons. The van der Waals surface area contributed by atoms with Crippen LogP contribution in [0.2, 0.25) is 0 Å². The summed E-state index contributed by atoms with van der Waals surface area (Å²) in [5.41, 5.74) is 2.32. The Kier molecular flexibility index (Phi) is 5.91. The lowest BCUT2D eigenvalue weighted by molar-refractivity contribution is -0.119. The number of aromatic nitrogens is 3. The van der Waals surface area contributed by atoms with Crippen molar-refractivity contribution in [2.75, 3.05) is 5.75 Å². The number of rotatable bonds is 7. The zero-order valence-corrected chi connectivity index (χ0v) is 15.4. The normalized spacial score (nSPS) is 12.4. The number of amides is 1. The van der Waals surface area contributed by atoms with Crippen molar-refractivity contribution in [2.24, 2.45) is 0 Å². The van der Waals surface area contributed by atoms with Gasteiger partial charge in [0.05, 0.1) is 18.1 Å². The summed E-state index contributed by atoms with van der Waals surface area (Å²) in [5, 5.41) is 10.4. The van der Waals surface area contributed by atoms with E-state index in [1.54, 1.807) is 12.3 Å². The molecule has 0 aliphatic rings. The molecule has 1 aromatic carbocycles. The first-order chi connectivity index (χ1) is 12.6. The third kappa shape index (κ3) is 4.86. The van der Waals surface area contributed by atoms with Gasteiger partial charge < -0.3 is 9.73 Å². The van der Waals surface area contributed by atoms with Gasteiger partial charge in [-0.2, -0.15) is 0 Å². The van der Waals surface area contributed by atoms with E-state index >= 15 is 0 Å². The monoisotopic (exact) mass is 368 g/mol. The van der Waals surface area contributed by atoms with Gasteiger partial charge >= 0.3 is 0 Å². The SMILES string of the molecule is Cc1ccccc1C=Cc1nc(SCC(=O)NC(C)c2ccco2)n[nH]1. The minimum Gasteiger partial charge on any atom is -0.467 e. The number of nitrogens with one attached hydrogen (secondary N) is 2. The highest BCUT2D eigenvalue weighted by Gasteiger charge is 2.13. The Morgan fingerprint density at radius 3 is 2.92 bits per heavy atom. The second-order valence-electron chi connectivity index (χ2n) is 5.79. The average Bonchev–Trinajstić information content (AvgIpc) is 3.31. The summed E-state index contributed by atoms with van der Waals surface area (Å²) < 4.78 is 5.28. The molecular formula is C19H20N4O2S. The van der Waals surface area contributed by atoms with Gasteiger partial charge in [0.1, 0.15) is 11.6 Å². The van der Waals surface area contributed by atoms with E-state index in [0.29, 0.717) is 11.0 Å². The molecule has 0 aliphatic carbocycles. The van der Waals surface area contributed by atoms with Crippen LogP contribution in [0.4, 0.5) is 0 Å². The van der Waals surface area contributed by atoms with E-state index < -0.39 is 0 Å². The third-order valence-electron chi connectivity index (χ3n) is 3.77. The number of nitrogens with zero attached hydrogens (tertiary/aromatic N) is 2. The number of H-pyrrole nitrogens is 1. The molecule has 0 spiro atoms. The first-order valence-corrected chi connectivity index (χ1v) is 9.22. The fraction of sp³-hybridized carbons (Fsp3) is 0.211. The second-order valence-corrected chi connectivity index (χ2v) is 6.73. The molecule has 6 nitrogen and oxygen atoms in total. The van der Waals surface area contributed by atoms with E-state index in [4.69, 9.17) is 4.42 Å². The van der Waals surface area contributed by atoms with Crippen molar-refractivity contribution < 1.29 is 9.21 Å². The number of carbonyl (C=O) groups excluding carboxylic acids is 1. The van der Waals surface area contributed by atoms with Gasteiger partial charge in [-0.3, -0.25) is 9.89 Å². The zero-order valence-electron chi connectivity index (χ0n) is 14.6. The maximum atomic E-state index is 12.0. The summed E-state index contributed by atoms with van der Waals surface area (Å²) in [4.78, 5) is 16.4. The van der Waals surface area contributed by atoms with Crippen LogP contribution in [0.5, 0.6) is 0 Å². The Morgan fingerprint density at radius 2 is 2.15 bits per heavy atom. The molecule has 26 heavy (non-hydrogen) atoms. The van der Waals surface area contributed by atoms with E-state index in [1.165, 1.54) is 17.3 Å². The van der Waals surface area contributed by atoms with Crippen molar-refractivity contribution in [1.29, 1.82) is 0 Å². The summed E-state index contributed by atoms with van der Waals surface area (Å²) in [7, 11) is 0. The fourth-order valence-corrected chi connectivity index (χ4v) is 2.98. The number of furan rings is 1. The molecular weight excluding hydrogens is 348 g/mol. The van der Waals surface area contributed by atoms with Gasteiger partial charge in [0.2, 0.25) is 11.1 Å². The number of benzene rings is 1. The molecule has 2 aromatic heterocycles. The molecule has 0 fully saturated rings. The molecule has 1 unspecified atom stereocenters. The smallest absolute Gasteiger partial charge is 0.231 e. The first kappa shape index (κ1) is 18.0. The van der Waals surface area contributed by atoms with E-state index in [1.807, 2.05) is 43.3 Å². The molecule has 7 heteroatoms. The lowest BCUT2D eigenvalue weighted by Gasteiger charge is -2.10. The Bertz CT molecular complexity index is 887. The topological polar surface area (TPSA) is 83.8 Å². The highest BCUT2D eigenvalue weighted by molar-refractivity contribution is 7.99. The quantitative estimate of drug-likeness (QED) is 0.619. The Balaban J connectivity index is 1.50. The standard InChI is InChI=1S/C19H20N4O2S/c1-13-6-3-4-7-15(13)9-10-17-21-19(23-22-17)26-12-18(24)20-14(2)16-8-5-11-25-16/h3-11,14H,12H2,1-2H3,(H,20,24)(H,21,22,23). The number of aryl methyl sites for hydroxylation is 1. The fourth-order valence-electron chi connectivity index (χ4n) is 2.36. The minimum atomic E-state index is -0.169. The largest absolute Gasteiger partial charge is 0.467 e. The van der Waals surface area contributed by atoms with Gasteiger partial charge in [-0.05, 0) is 43.2 Å². The molecule has 0 bridgehead atoms. The Hall–Kier alpha value is -2.80. The van der Waals surface area contributed by atoms with Crippen LogP contribution < -0.4 is 5.32 Å². The average molecular weight is 368 g/mol. The van der Waals surface area contributed by atoms with Crippen molar-refractivity contribution in [2.45, 2.75) is 25.0 Å². The summed E-state index contributed by atoms with van der Waals surface area (Å²) in [5.74, 6) is 1.52. The van der Waals surface area contributed by atoms with E-state index in [2.05, 4.69) is 33.5 Å². The van der Waals surface area contributed by atoms with Crippen molar-refractivity contribution in [3.63, 3.8) is 0 Å². The highest BCUT2D eigenvalue weighted by atomic mass is 32.2. The van der Waals surface area contributed by atoms with Crippen LogP contribution >= 0.6 is 11.8 Å². The first-order valence-electron chi connectivity index (χ1n) is 8.23. The maximum Gasteiger partial charge on any atom is 0.231 e. The van der Waals surface area contributed by atoms with Crippen LogP contribution in [-0.2, 0) is 4.79 Å². The molecule has 0 aliphatic heterocycles. The molecule has 2 heterocycles. The van der Waals surface area contributed by atoms with Gasteiger partial charge in [0, 0.05) is 0 Å². The zero-order chi connectivity index (χ0) is 18.4. The van der Waals surface area contributed by atoms with Crippen molar-refractivity contribution in [3.05, 3.63) is 65.4 Å². The van der Waals surface area contributed by atoms with E-state index in [0.717, 1.165) is 11.3 Å². The van der Waals surface area contributed by atoms with Gasteiger partial charge in [0.15, 0.2) is 0 Å². The molecule has 2 N–H and O–H groups in total. The number of carbonyl (C=O) groups is 1. The maximum absolute atomic E-state index is 12.0. The Morgan fingerprint density at radius 1 is 1.31 bits per heavy atom. The number of hydrogen-bond donors (Lipinski definition) is 2. The predicted molar refractivity (Wildman–Crippen MR) is 102 cm³/mol. The summed E-state index contributed by atoms with van der Waals surface area (Å²) in [6.07, 6.45) is 5.45. The number of aromatic amines is 1. The van der Waals surface area contributed by atoms with Gasteiger partial charge in [-0.15, -0.1) is 5.10 Å². The molecule has 3 rings (SSSR count). The second kappa shape index (κ2) is 8.53. The van der Waals surface area contributed by atoms with Crippen molar-refractivity contribution >= 4 is 29.8 Å². The third-order valence-corrected chi connectivity index (χ3v) is 4.62. The van der Waals surface area contributed by atoms with Crippen LogP contribution in [-0.4, -0.2) is 26.8 Å². The molecule has 0 saturated heterocycles. The summed E-state index contributed by atoms with van der Waals surface area (Å²) in [6, 6.07) is 11.6. The number of hydrogen-bond acceptors (Lipinski definition) is 5. The summed E-state index contributed by atoms with van der Waals surface area (Å²) in [6.45, 7) is 3.94. The van der Waals surface area contributed by atoms with Crippen molar-refractivity contribution in [3.8, 4) is 0 Å². The lowest BCUT2D eigenvalue weighted by Crippen LogP contribution is -2.27. The van der Waals surface area contributed by atoms with Gasteiger partial charge in [0.25, 0.3) is 0 Å². The number of thioether (sulfide) groups is 1.